The molecule has 0 amide bonds. The maximum absolute atomic E-state index is 9.98. The van der Waals surface area contributed by atoms with Crippen LogP contribution in [0.5, 0.6) is 0 Å². The van der Waals surface area contributed by atoms with Crippen molar-refractivity contribution in [3.63, 3.8) is 0 Å². The first-order valence-corrected chi connectivity index (χ1v) is 3.93. The van der Waals surface area contributed by atoms with Crippen LogP contribution >= 0.6 is 7.60 Å². The zero-order chi connectivity index (χ0) is 7.49. The highest BCUT2D eigenvalue weighted by molar-refractivity contribution is 7.51. The first-order valence-electron chi connectivity index (χ1n) is 2.13. The van der Waals surface area contributed by atoms with Crippen LogP contribution in [0.4, 0.5) is 0 Å². The summed E-state index contributed by atoms with van der Waals surface area (Å²) >= 11 is 0. The van der Waals surface area contributed by atoms with Gasteiger partial charge in [0, 0.05) is 0 Å². The van der Waals surface area contributed by atoms with Crippen molar-refractivity contribution in [2.75, 3.05) is 6.16 Å². The number of rotatable bonds is 3. The van der Waals surface area contributed by atoms with Crippen molar-refractivity contribution in [1.29, 1.82) is 0 Å². The van der Waals surface area contributed by atoms with Gasteiger partial charge in [0.05, 0.1) is 6.16 Å². The smallest absolute Gasteiger partial charge is 0.328 e. The number of aliphatic hydroxyl groups is 1. The minimum atomic E-state index is -4.22. The Morgan fingerprint density at radius 1 is 1.56 bits per heavy atom. The number of carbonyl (C=O) groups is 1. The van der Waals surface area contributed by atoms with Gasteiger partial charge in [0.15, 0.2) is 0 Å². The van der Waals surface area contributed by atoms with Crippen LogP contribution in [0.3, 0.4) is 0 Å². The Kier molecular flexibility index (Phi) is 3.00. The van der Waals surface area contributed by atoms with E-state index in [0.29, 0.717) is 0 Å². The van der Waals surface area contributed by atoms with E-state index < -0.39 is 19.9 Å². The molecule has 3 N–H and O–H groups in total. The second-order valence-corrected chi connectivity index (χ2v) is 3.25. The summed E-state index contributed by atoms with van der Waals surface area (Å²) in [6, 6.07) is 0. The zero-order valence-electron chi connectivity index (χ0n) is 4.47. The molecule has 0 rings (SSSR count). The molecule has 0 saturated heterocycles. The van der Waals surface area contributed by atoms with Crippen molar-refractivity contribution >= 4 is 13.9 Å². The number of hydrogen-bond donors (Lipinski definition) is 3. The summed E-state index contributed by atoms with van der Waals surface area (Å²) in [5.74, 6) is 0. The van der Waals surface area contributed by atoms with Crippen LogP contribution in [-0.4, -0.2) is 33.4 Å². The minimum Gasteiger partial charge on any atom is -0.385 e. The Labute approximate surface area is 51.5 Å². The first kappa shape index (κ1) is 8.78. The van der Waals surface area contributed by atoms with Crippen LogP contribution in [-0.2, 0) is 9.36 Å². The first-order chi connectivity index (χ1) is 3.95. The van der Waals surface area contributed by atoms with Crippen molar-refractivity contribution in [3.05, 3.63) is 0 Å². The molecule has 0 aliphatic carbocycles. The molecule has 0 aromatic rings. The van der Waals surface area contributed by atoms with E-state index in [9.17, 15) is 9.36 Å². The Morgan fingerprint density at radius 3 is 2.11 bits per heavy atom. The molecule has 0 fully saturated rings. The van der Waals surface area contributed by atoms with Gasteiger partial charge in [-0.25, -0.2) is 0 Å². The summed E-state index contributed by atoms with van der Waals surface area (Å²) in [4.78, 5) is 25.8. The van der Waals surface area contributed by atoms with E-state index in [4.69, 9.17) is 14.9 Å². The Balaban J connectivity index is 3.74. The molecule has 1 atom stereocenters. The van der Waals surface area contributed by atoms with Crippen LogP contribution < -0.4 is 0 Å². The lowest BCUT2D eigenvalue weighted by atomic mass is 10.5. The van der Waals surface area contributed by atoms with E-state index in [0.717, 1.165) is 0 Å². The fourth-order valence-corrected chi connectivity index (χ4v) is 0.860. The third-order valence-electron chi connectivity index (χ3n) is 0.582. The van der Waals surface area contributed by atoms with E-state index in [2.05, 4.69) is 0 Å². The summed E-state index contributed by atoms with van der Waals surface area (Å²) in [6.45, 7) is 0. The predicted molar refractivity (Wildman–Crippen MR) is 29.0 cm³/mol. The lowest BCUT2D eigenvalue weighted by Crippen LogP contribution is -2.13. The third kappa shape index (κ3) is 5.65. The number of aldehydes is 1. The molecule has 0 bridgehead atoms. The van der Waals surface area contributed by atoms with E-state index in [1.165, 1.54) is 0 Å². The summed E-state index contributed by atoms with van der Waals surface area (Å²) in [6.07, 6.45) is -2.26. The Hall–Kier alpha value is -0.220. The van der Waals surface area contributed by atoms with Gasteiger partial charge in [-0.3, -0.25) is 4.57 Å². The number of hydrogen-bond acceptors (Lipinski definition) is 3. The van der Waals surface area contributed by atoms with Gasteiger partial charge in [-0.2, -0.15) is 0 Å². The van der Waals surface area contributed by atoms with Crippen LogP contribution in [0, 0.1) is 0 Å². The number of carbonyl (C=O) groups excluding carboxylic acids is 1. The monoisotopic (exact) mass is 154 g/mol. The second kappa shape index (κ2) is 3.08. The lowest BCUT2D eigenvalue weighted by Gasteiger charge is -2.02. The quantitative estimate of drug-likeness (QED) is 0.347. The summed E-state index contributed by atoms with van der Waals surface area (Å²) in [5, 5.41) is 8.33. The van der Waals surface area contributed by atoms with Crippen molar-refractivity contribution < 1.29 is 24.3 Å². The van der Waals surface area contributed by atoms with Crippen molar-refractivity contribution in [2.45, 2.75) is 6.10 Å². The van der Waals surface area contributed by atoms with E-state index in [-0.39, 0.29) is 6.29 Å². The van der Waals surface area contributed by atoms with Crippen molar-refractivity contribution in [1.82, 2.24) is 0 Å². The van der Waals surface area contributed by atoms with Crippen LogP contribution in [0.15, 0.2) is 0 Å². The molecule has 1 unspecified atom stereocenters. The van der Waals surface area contributed by atoms with Gasteiger partial charge in [0.2, 0.25) is 0 Å². The van der Waals surface area contributed by atoms with E-state index in [1.54, 1.807) is 0 Å². The molecule has 0 saturated carbocycles. The van der Waals surface area contributed by atoms with Gasteiger partial charge in [-0.1, -0.05) is 0 Å². The molecule has 0 radical (unpaired) electrons. The zero-order valence-corrected chi connectivity index (χ0v) is 5.36. The second-order valence-electron chi connectivity index (χ2n) is 1.55. The van der Waals surface area contributed by atoms with Gasteiger partial charge in [-0.05, 0) is 0 Å². The molecular formula is C3H7O5P. The van der Waals surface area contributed by atoms with Gasteiger partial charge in [0.1, 0.15) is 12.4 Å². The maximum Gasteiger partial charge on any atom is 0.328 e. The fraction of sp³-hybridized carbons (Fsp3) is 0.667. The molecule has 9 heavy (non-hydrogen) atoms. The van der Waals surface area contributed by atoms with Gasteiger partial charge >= 0.3 is 7.60 Å². The average Bonchev–Trinajstić information content (AvgIpc) is 1.62. The predicted octanol–water partition coefficient (Wildman–Crippen LogP) is -1.28. The van der Waals surface area contributed by atoms with Crippen LogP contribution in [0.1, 0.15) is 0 Å². The minimum absolute atomic E-state index is 0.0824. The summed E-state index contributed by atoms with van der Waals surface area (Å²) in [7, 11) is -4.22. The fourth-order valence-electron chi connectivity index (χ4n) is 0.287. The highest BCUT2D eigenvalue weighted by Gasteiger charge is 2.18. The van der Waals surface area contributed by atoms with Crippen LogP contribution in [0.2, 0.25) is 0 Å². The highest BCUT2D eigenvalue weighted by atomic mass is 31.2. The van der Waals surface area contributed by atoms with Gasteiger partial charge < -0.3 is 19.7 Å². The molecule has 5 nitrogen and oxygen atoms in total. The molecular weight excluding hydrogens is 147 g/mol. The third-order valence-corrected chi connectivity index (χ3v) is 1.43. The van der Waals surface area contributed by atoms with E-state index >= 15 is 0 Å². The largest absolute Gasteiger partial charge is 0.385 e. The lowest BCUT2D eigenvalue weighted by molar-refractivity contribution is -0.114. The average molecular weight is 154 g/mol. The molecule has 0 aromatic carbocycles. The van der Waals surface area contributed by atoms with Gasteiger partial charge in [-0.15, -0.1) is 0 Å². The molecule has 0 heterocycles. The Morgan fingerprint density at radius 2 is 2.00 bits per heavy atom. The molecule has 54 valence electrons. The standard InChI is InChI=1S/C3H7O5P/c4-1-3(5)2-9(6,7)8/h1,3,5H,2H2,(H2,6,7,8). The summed E-state index contributed by atoms with van der Waals surface area (Å²) in [5.41, 5.74) is 0. The molecule has 0 aromatic heterocycles. The number of aliphatic hydroxyl groups excluding tert-OH is 1. The highest BCUT2D eigenvalue weighted by Crippen LogP contribution is 2.34. The topological polar surface area (TPSA) is 94.8 Å². The van der Waals surface area contributed by atoms with Crippen molar-refractivity contribution in [2.24, 2.45) is 0 Å². The Bertz CT molecular complexity index is 137. The SMILES string of the molecule is O=CC(O)CP(=O)(O)O. The normalized spacial score (nSPS) is 15.0. The van der Waals surface area contributed by atoms with Gasteiger partial charge in [0.25, 0.3) is 0 Å². The van der Waals surface area contributed by atoms with Crippen LogP contribution in [0.25, 0.3) is 0 Å². The molecule has 6 heteroatoms. The molecule has 0 spiro atoms. The van der Waals surface area contributed by atoms with E-state index in [1.807, 2.05) is 0 Å². The molecule has 0 aliphatic rings. The maximum atomic E-state index is 9.98. The summed E-state index contributed by atoms with van der Waals surface area (Å²) < 4.78 is 9.98. The molecule has 0 aliphatic heterocycles. The van der Waals surface area contributed by atoms with Crippen molar-refractivity contribution in [3.8, 4) is 0 Å².